The molecule has 0 aliphatic carbocycles. The Hall–Kier alpha value is -2.21. The molecule has 21 heavy (non-hydrogen) atoms. The molecule has 0 aromatic heterocycles. The van der Waals surface area contributed by atoms with Gasteiger partial charge in [0, 0.05) is 0 Å². The summed E-state index contributed by atoms with van der Waals surface area (Å²) < 4.78 is 5.37. The van der Waals surface area contributed by atoms with Crippen molar-refractivity contribution in [3.63, 3.8) is 0 Å². The second-order valence-corrected chi connectivity index (χ2v) is 5.32. The normalized spacial score (nSPS) is 14.3. The Bertz CT molecular complexity index is 558. The summed E-state index contributed by atoms with van der Waals surface area (Å²) in [6, 6.07) is 6.31. The van der Waals surface area contributed by atoms with Crippen LogP contribution in [0, 0.1) is 0 Å². The molecule has 1 heterocycles. The molecule has 0 unspecified atom stereocenters. The van der Waals surface area contributed by atoms with Gasteiger partial charge in [0.1, 0.15) is 6.61 Å². The predicted octanol–water partition coefficient (Wildman–Crippen LogP) is 1.95. The highest BCUT2D eigenvalue weighted by atomic mass is 16.7. The first-order chi connectivity index (χ1) is 9.85. The largest absolute Gasteiger partial charge is 0.364 e. The van der Waals surface area contributed by atoms with Crippen LogP contribution in [0.1, 0.15) is 47.9 Å². The third-order valence-electron chi connectivity index (χ3n) is 3.38. The zero-order valence-corrected chi connectivity index (χ0v) is 12.2. The van der Waals surface area contributed by atoms with Gasteiger partial charge < -0.3 is 9.57 Å². The summed E-state index contributed by atoms with van der Waals surface area (Å²) in [7, 11) is 0. The van der Waals surface area contributed by atoms with Gasteiger partial charge in [0.2, 0.25) is 0 Å². The smallest absolute Gasteiger partial charge is 0.358 e. The Labute approximate surface area is 122 Å². The number of hydrogen-bond donors (Lipinski definition) is 0. The summed E-state index contributed by atoms with van der Waals surface area (Å²) in [6.45, 7) is 5.27. The van der Waals surface area contributed by atoms with Crippen LogP contribution >= 0.6 is 0 Å². The lowest BCUT2D eigenvalue weighted by molar-refractivity contribution is -0.178. The van der Waals surface area contributed by atoms with Gasteiger partial charge in [-0.05, 0) is 32.4 Å². The van der Waals surface area contributed by atoms with Crippen LogP contribution in [0.25, 0.3) is 0 Å². The minimum Gasteiger partial charge on any atom is -0.364 e. The number of carbonyl (C=O) groups excluding carboxylic acids is 3. The monoisotopic (exact) mass is 291 g/mol. The molecular weight excluding hydrogens is 274 g/mol. The second-order valence-electron chi connectivity index (χ2n) is 5.32. The standard InChI is InChI=1S/C15H17NO5/c1-4-15(2,3)20-9-12(17)21-16-13(18)10-7-5-6-8-11(10)14(16)19/h5-8H,4,9H2,1-3H3. The number of amides is 2. The van der Waals surface area contributed by atoms with Crippen LogP contribution in [0.5, 0.6) is 0 Å². The highest BCUT2D eigenvalue weighted by molar-refractivity contribution is 6.20. The number of imide groups is 1. The van der Waals surface area contributed by atoms with Crippen molar-refractivity contribution in [3.05, 3.63) is 35.4 Å². The predicted molar refractivity (Wildman–Crippen MR) is 73.4 cm³/mol. The summed E-state index contributed by atoms with van der Waals surface area (Å²) >= 11 is 0. The lowest BCUT2D eigenvalue weighted by atomic mass is 10.1. The summed E-state index contributed by atoms with van der Waals surface area (Å²) in [4.78, 5) is 40.5. The maximum atomic E-state index is 12.0. The van der Waals surface area contributed by atoms with Crippen LogP contribution in [0.4, 0.5) is 0 Å². The van der Waals surface area contributed by atoms with E-state index in [1.807, 2.05) is 20.8 Å². The maximum absolute atomic E-state index is 12.0. The molecular formula is C15H17NO5. The fourth-order valence-electron chi connectivity index (χ4n) is 1.73. The summed E-state index contributed by atoms with van der Waals surface area (Å²) in [5, 5.41) is 0.481. The number of ether oxygens (including phenoxy) is 1. The second kappa shape index (κ2) is 5.65. The van der Waals surface area contributed by atoms with E-state index < -0.39 is 23.4 Å². The molecule has 0 saturated heterocycles. The van der Waals surface area contributed by atoms with Crippen molar-refractivity contribution in [2.75, 3.05) is 6.61 Å². The topological polar surface area (TPSA) is 72.9 Å². The number of fused-ring (bicyclic) bond motifs is 1. The van der Waals surface area contributed by atoms with E-state index in [1.165, 1.54) is 12.1 Å². The number of benzene rings is 1. The summed E-state index contributed by atoms with van der Waals surface area (Å²) in [6.07, 6.45) is 0.716. The molecule has 0 radical (unpaired) electrons. The van der Waals surface area contributed by atoms with Gasteiger partial charge in [-0.15, -0.1) is 0 Å². The summed E-state index contributed by atoms with van der Waals surface area (Å²) in [5.74, 6) is -2.07. The van der Waals surface area contributed by atoms with Crippen LogP contribution in [-0.2, 0) is 14.4 Å². The molecule has 1 aliphatic rings. The van der Waals surface area contributed by atoms with Crippen LogP contribution in [-0.4, -0.2) is 35.1 Å². The zero-order chi connectivity index (χ0) is 15.6. The van der Waals surface area contributed by atoms with Gasteiger partial charge in [-0.25, -0.2) is 4.79 Å². The lowest BCUT2D eigenvalue weighted by Crippen LogP contribution is -2.35. The van der Waals surface area contributed by atoms with Crippen LogP contribution < -0.4 is 0 Å². The SMILES string of the molecule is CCC(C)(C)OCC(=O)ON1C(=O)c2ccccc2C1=O. The third-order valence-corrected chi connectivity index (χ3v) is 3.38. The van der Waals surface area contributed by atoms with E-state index in [0.29, 0.717) is 11.5 Å². The number of hydrogen-bond acceptors (Lipinski definition) is 5. The van der Waals surface area contributed by atoms with Gasteiger partial charge in [-0.2, -0.15) is 0 Å². The van der Waals surface area contributed by atoms with Crippen molar-refractivity contribution in [3.8, 4) is 0 Å². The van der Waals surface area contributed by atoms with Crippen LogP contribution in [0.2, 0.25) is 0 Å². The van der Waals surface area contributed by atoms with Gasteiger partial charge in [0.15, 0.2) is 0 Å². The Morgan fingerprint density at radius 3 is 2.14 bits per heavy atom. The molecule has 1 aromatic carbocycles. The van der Waals surface area contributed by atoms with Crippen molar-refractivity contribution in [1.29, 1.82) is 0 Å². The highest BCUT2D eigenvalue weighted by Crippen LogP contribution is 2.22. The number of rotatable bonds is 5. The molecule has 1 aromatic rings. The number of carbonyl (C=O) groups is 3. The summed E-state index contributed by atoms with van der Waals surface area (Å²) in [5.41, 5.74) is -0.0173. The lowest BCUT2D eigenvalue weighted by Gasteiger charge is -2.23. The molecule has 0 saturated carbocycles. The van der Waals surface area contributed by atoms with E-state index in [4.69, 9.17) is 9.57 Å². The van der Waals surface area contributed by atoms with Crippen molar-refractivity contribution < 1.29 is 24.0 Å². The van der Waals surface area contributed by atoms with Crippen LogP contribution in [0.3, 0.4) is 0 Å². The molecule has 0 spiro atoms. The van der Waals surface area contributed by atoms with E-state index >= 15 is 0 Å². The van der Waals surface area contributed by atoms with Crippen molar-refractivity contribution >= 4 is 17.8 Å². The van der Waals surface area contributed by atoms with E-state index in [-0.39, 0.29) is 17.7 Å². The van der Waals surface area contributed by atoms with Crippen molar-refractivity contribution in [1.82, 2.24) is 5.06 Å². The molecule has 112 valence electrons. The zero-order valence-electron chi connectivity index (χ0n) is 12.2. The third kappa shape index (κ3) is 3.11. The van der Waals surface area contributed by atoms with E-state index in [2.05, 4.69) is 0 Å². The Kier molecular flexibility index (Phi) is 4.09. The molecule has 6 nitrogen and oxygen atoms in total. The fraction of sp³-hybridized carbons (Fsp3) is 0.400. The molecule has 2 amide bonds. The average Bonchev–Trinajstić information content (AvgIpc) is 2.71. The average molecular weight is 291 g/mol. The van der Waals surface area contributed by atoms with Gasteiger partial charge in [-0.3, -0.25) is 9.59 Å². The Balaban J connectivity index is 2.00. The molecule has 6 heteroatoms. The molecule has 1 aliphatic heterocycles. The maximum Gasteiger partial charge on any atom is 0.358 e. The van der Waals surface area contributed by atoms with Gasteiger partial charge >= 0.3 is 5.97 Å². The highest BCUT2D eigenvalue weighted by Gasteiger charge is 2.38. The molecule has 0 fully saturated rings. The number of hydroxylamine groups is 2. The Morgan fingerprint density at radius 2 is 1.67 bits per heavy atom. The van der Waals surface area contributed by atoms with Crippen molar-refractivity contribution in [2.24, 2.45) is 0 Å². The minimum atomic E-state index is -0.786. The first-order valence-electron chi connectivity index (χ1n) is 6.68. The van der Waals surface area contributed by atoms with Crippen LogP contribution in [0.15, 0.2) is 24.3 Å². The van der Waals surface area contributed by atoms with E-state index in [0.717, 1.165) is 0 Å². The Morgan fingerprint density at radius 1 is 1.14 bits per heavy atom. The molecule has 0 N–H and O–H groups in total. The van der Waals surface area contributed by atoms with Gasteiger partial charge in [0.05, 0.1) is 16.7 Å². The first kappa shape index (κ1) is 15.2. The van der Waals surface area contributed by atoms with Gasteiger partial charge in [0.25, 0.3) is 11.8 Å². The molecule has 0 bridgehead atoms. The fourth-order valence-corrected chi connectivity index (χ4v) is 1.73. The molecule has 2 rings (SSSR count). The van der Waals surface area contributed by atoms with E-state index in [9.17, 15) is 14.4 Å². The van der Waals surface area contributed by atoms with Gasteiger partial charge in [-0.1, -0.05) is 24.1 Å². The quantitative estimate of drug-likeness (QED) is 0.775. The number of nitrogens with zero attached hydrogens (tertiary/aromatic N) is 1. The van der Waals surface area contributed by atoms with Crippen molar-refractivity contribution in [2.45, 2.75) is 32.8 Å². The first-order valence-corrected chi connectivity index (χ1v) is 6.68. The van der Waals surface area contributed by atoms with E-state index in [1.54, 1.807) is 12.1 Å². The molecule has 0 atom stereocenters. The minimum absolute atomic E-state index is 0.227.